The van der Waals surface area contributed by atoms with Crippen molar-refractivity contribution in [2.45, 2.75) is 25.4 Å². The lowest BCUT2D eigenvalue weighted by atomic mass is 10.2. The van der Waals surface area contributed by atoms with Gasteiger partial charge in [-0.1, -0.05) is 0 Å². The van der Waals surface area contributed by atoms with Crippen LogP contribution in [0, 0.1) is 0 Å². The number of urea groups is 1. The number of carboxylic acids is 1. The fourth-order valence-corrected chi connectivity index (χ4v) is 1.41. The Hall–Kier alpha value is -1.79. The van der Waals surface area contributed by atoms with Gasteiger partial charge in [-0.05, 0) is 13.3 Å². The molecule has 1 heterocycles. The maximum Gasteiger partial charge on any atom is 0.325 e. The summed E-state index contributed by atoms with van der Waals surface area (Å²) in [5.74, 6) is -1.27. The summed E-state index contributed by atoms with van der Waals surface area (Å²) >= 11 is 0. The molecule has 1 saturated heterocycles. The lowest BCUT2D eigenvalue weighted by molar-refractivity contribution is -0.138. The number of carboxylic acid groups (broad SMARTS) is 1. The van der Waals surface area contributed by atoms with Crippen molar-refractivity contribution in [1.82, 2.24) is 15.5 Å². The largest absolute Gasteiger partial charge is 0.480 e. The van der Waals surface area contributed by atoms with Crippen LogP contribution in [-0.4, -0.2) is 53.6 Å². The van der Waals surface area contributed by atoms with Crippen LogP contribution in [0.3, 0.4) is 0 Å². The van der Waals surface area contributed by atoms with Gasteiger partial charge in [0.15, 0.2) is 0 Å². The van der Waals surface area contributed by atoms with Gasteiger partial charge in [0, 0.05) is 13.6 Å². The second kappa shape index (κ2) is 4.82. The van der Waals surface area contributed by atoms with Crippen LogP contribution in [0.5, 0.6) is 0 Å². The van der Waals surface area contributed by atoms with Crippen molar-refractivity contribution < 1.29 is 19.5 Å². The molecule has 2 atom stereocenters. The van der Waals surface area contributed by atoms with Gasteiger partial charge in [0.2, 0.25) is 5.91 Å². The number of hydrogen-bond donors (Lipinski definition) is 3. The first-order chi connectivity index (χ1) is 7.41. The third-order valence-corrected chi connectivity index (χ3v) is 2.45. The molecule has 0 saturated carbocycles. The lowest BCUT2D eigenvalue weighted by Gasteiger charge is -2.14. The third-order valence-electron chi connectivity index (χ3n) is 2.45. The SMILES string of the molecule is C[C@H](NC(=O)NC1CCN(C)C1=O)C(=O)O. The minimum atomic E-state index is -1.12. The summed E-state index contributed by atoms with van der Waals surface area (Å²) in [6.07, 6.45) is 0.546. The first kappa shape index (κ1) is 12.3. The molecule has 0 aromatic heterocycles. The maximum atomic E-state index is 11.4. The number of nitrogens with zero attached hydrogens (tertiary/aromatic N) is 1. The van der Waals surface area contributed by atoms with Gasteiger partial charge < -0.3 is 20.6 Å². The first-order valence-corrected chi connectivity index (χ1v) is 4.96. The van der Waals surface area contributed by atoms with Gasteiger partial charge in [0.25, 0.3) is 0 Å². The van der Waals surface area contributed by atoms with Crippen molar-refractivity contribution in [3.05, 3.63) is 0 Å². The van der Waals surface area contributed by atoms with Crippen molar-refractivity contribution in [3.8, 4) is 0 Å². The maximum absolute atomic E-state index is 11.4. The Balaban J connectivity index is 2.41. The summed E-state index contributed by atoms with van der Waals surface area (Å²) in [7, 11) is 1.65. The van der Waals surface area contributed by atoms with Crippen LogP contribution in [0.2, 0.25) is 0 Å². The highest BCUT2D eigenvalue weighted by Gasteiger charge is 2.30. The van der Waals surface area contributed by atoms with Gasteiger partial charge in [-0.2, -0.15) is 0 Å². The highest BCUT2D eigenvalue weighted by molar-refractivity contribution is 5.89. The van der Waals surface area contributed by atoms with Crippen LogP contribution < -0.4 is 10.6 Å². The molecule has 0 aromatic carbocycles. The van der Waals surface area contributed by atoms with Crippen LogP contribution in [0.1, 0.15) is 13.3 Å². The van der Waals surface area contributed by atoms with E-state index >= 15 is 0 Å². The van der Waals surface area contributed by atoms with Crippen molar-refractivity contribution in [2.24, 2.45) is 0 Å². The van der Waals surface area contributed by atoms with Gasteiger partial charge in [0.1, 0.15) is 12.1 Å². The second-order valence-electron chi connectivity index (χ2n) is 3.78. The number of nitrogens with one attached hydrogen (secondary N) is 2. The van der Waals surface area contributed by atoms with E-state index in [2.05, 4.69) is 10.6 Å². The number of carbonyl (C=O) groups is 3. The molecule has 0 aromatic rings. The van der Waals surface area contributed by atoms with Gasteiger partial charge in [-0.25, -0.2) is 4.79 Å². The molecule has 1 fully saturated rings. The summed E-state index contributed by atoms with van der Waals surface area (Å²) in [6, 6.07) is -2.16. The summed E-state index contributed by atoms with van der Waals surface area (Å²) in [6.45, 7) is 1.95. The topological polar surface area (TPSA) is 98.7 Å². The second-order valence-corrected chi connectivity index (χ2v) is 3.78. The minimum absolute atomic E-state index is 0.155. The molecular weight excluding hydrogens is 214 g/mol. The molecule has 3 N–H and O–H groups in total. The quantitative estimate of drug-likeness (QED) is 0.577. The van der Waals surface area contributed by atoms with E-state index in [0.29, 0.717) is 13.0 Å². The normalized spacial score (nSPS) is 21.8. The number of aliphatic carboxylic acids is 1. The van der Waals surface area contributed by atoms with Crippen molar-refractivity contribution in [3.63, 3.8) is 0 Å². The molecule has 7 nitrogen and oxygen atoms in total. The Morgan fingerprint density at radius 3 is 2.62 bits per heavy atom. The van der Waals surface area contributed by atoms with Crippen LogP contribution in [0.15, 0.2) is 0 Å². The monoisotopic (exact) mass is 229 g/mol. The molecule has 1 rings (SSSR count). The third kappa shape index (κ3) is 2.85. The minimum Gasteiger partial charge on any atom is -0.480 e. The fourth-order valence-electron chi connectivity index (χ4n) is 1.41. The summed E-state index contributed by atoms with van der Waals surface area (Å²) in [5.41, 5.74) is 0. The molecule has 1 unspecified atom stereocenters. The van der Waals surface area contributed by atoms with E-state index in [1.165, 1.54) is 11.8 Å². The van der Waals surface area contributed by atoms with Crippen LogP contribution in [0.4, 0.5) is 4.79 Å². The van der Waals surface area contributed by atoms with E-state index in [1.807, 2.05) is 0 Å². The Labute approximate surface area is 92.8 Å². The summed E-state index contributed by atoms with van der Waals surface area (Å²) < 4.78 is 0. The van der Waals surface area contributed by atoms with Crippen LogP contribution in [0.25, 0.3) is 0 Å². The Morgan fingerprint density at radius 1 is 1.56 bits per heavy atom. The standard InChI is InChI=1S/C9H15N3O4/c1-5(8(14)15)10-9(16)11-6-3-4-12(2)7(6)13/h5-6H,3-4H2,1-2H3,(H,14,15)(H2,10,11,16)/t5-,6?/m0/s1. The number of carbonyl (C=O) groups excluding carboxylic acids is 2. The molecule has 90 valence electrons. The number of likely N-dealkylation sites (N-methyl/N-ethyl adjacent to an activating group) is 1. The Morgan fingerprint density at radius 2 is 2.19 bits per heavy atom. The predicted octanol–water partition coefficient (Wildman–Crippen LogP) is -1.01. The zero-order valence-corrected chi connectivity index (χ0v) is 9.19. The van der Waals surface area contributed by atoms with Crippen LogP contribution in [-0.2, 0) is 9.59 Å². The molecule has 0 radical (unpaired) electrons. The first-order valence-electron chi connectivity index (χ1n) is 4.96. The Bertz CT molecular complexity index is 318. The summed E-state index contributed by atoms with van der Waals surface area (Å²) in [4.78, 5) is 34.7. The van der Waals surface area contributed by atoms with Crippen LogP contribution >= 0.6 is 0 Å². The number of rotatable bonds is 3. The molecule has 1 aliphatic rings. The highest BCUT2D eigenvalue weighted by atomic mass is 16.4. The van der Waals surface area contributed by atoms with E-state index < -0.39 is 24.1 Å². The van der Waals surface area contributed by atoms with E-state index in [1.54, 1.807) is 7.05 Å². The predicted molar refractivity (Wildman–Crippen MR) is 54.8 cm³/mol. The van der Waals surface area contributed by atoms with E-state index in [9.17, 15) is 14.4 Å². The molecule has 3 amide bonds. The average molecular weight is 229 g/mol. The smallest absolute Gasteiger partial charge is 0.325 e. The zero-order chi connectivity index (χ0) is 12.3. The van der Waals surface area contributed by atoms with Crippen molar-refractivity contribution >= 4 is 17.9 Å². The number of hydrogen-bond acceptors (Lipinski definition) is 3. The Kier molecular flexibility index (Phi) is 3.70. The van der Waals surface area contributed by atoms with Gasteiger partial charge >= 0.3 is 12.0 Å². The van der Waals surface area contributed by atoms with E-state index in [4.69, 9.17) is 5.11 Å². The molecule has 7 heteroatoms. The molecule has 0 bridgehead atoms. The van der Waals surface area contributed by atoms with E-state index in [-0.39, 0.29) is 5.91 Å². The van der Waals surface area contributed by atoms with Crippen molar-refractivity contribution in [1.29, 1.82) is 0 Å². The van der Waals surface area contributed by atoms with Gasteiger partial charge in [0.05, 0.1) is 0 Å². The van der Waals surface area contributed by atoms with Gasteiger partial charge in [-0.3, -0.25) is 9.59 Å². The van der Waals surface area contributed by atoms with Gasteiger partial charge in [-0.15, -0.1) is 0 Å². The molecule has 0 spiro atoms. The molecular formula is C9H15N3O4. The number of amides is 3. The van der Waals surface area contributed by atoms with Crippen molar-refractivity contribution in [2.75, 3.05) is 13.6 Å². The number of likely N-dealkylation sites (tertiary alicyclic amines) is 1. The summed E-state index contributed by atoms with van der Waals surface area (Å²) in [5, 5.41) is 13.2. The molecule has 1 aliphatic heterocycles. The molecule has 16 heavy (non-hydrogen) atoms. The average Bonchev–Trinajstić information content (AvgIpc) is 2.49. The van der Waals surface area contributed by atoms with E-state index in [0.717, 1.165) is 0 Å². The zero-order valence-electron chi connectivity index (χ0n) is 9.19. The fraction of sp³-hybridized carbons (Fsp3) is 0.667. The molecule has 0 aliphatic carbocycles. The highest BCUT2D eigenvalue weighted by Crippen LogP contribution is 2.07. The lowest BCUT2D eigenvalue weighted by Crippen LogP contribution is -2.49.